The predicted molar refractivity (Wildman–Crippen MR) is 95.7 cm³/mol. The fourth-order valence-electron chi connectivity index (χ4n) is 2.82. The molecule has 25 heavy (non-hydrogen) atoms. The lowest BCUT2D eigenvalue weighted by Gasteiger charge is -2.23. The number of rotatable bonds is 8. The largest absolute Gasteiger partial charge is 0.493 e. The molecule has 0 bridgehead atoms. The van der Waals surface area contributed by atoms with Crippen molar-refractivity contribution in [3.05, 3.63) is 29.8 Å². The van der Waals surface area contributed by atoms with E-state index in [0.717, 1.165) is 19.4 Å². The predicted octanol–water partition coefficient (Wildman–Crippen LogP) is 2.13. The lowest BCUT2D eigenvalue weighted by atomic mass is 10.0. The Bertz CT molecular complexity index is 583. The number of amides is 2. The molecule has 6 heteroatoms. The molecule has 1 aliphatic rings. The van der Waals surface area contributed by atoms with Crippen LogP contribution >= 0.6 is 0 Å². The Hall–Kier alpha value is -2.08. The van der Waals surface area contributed by atoms with E-state index in [0.29, 0.717) is 24.5 Å². The van der Waals surface area contributed by atoms with Crippen LogP contribution in [0.15, 0.2) is 24.3 Å². The number of hydrogen-bond donors (Lipinski definition) is 2. The number of carbonyl (C=O) groups is 2. The minimum atomic E-state index is -0.608. The third kappa shape index (κ3) is 5.46. The Labute approximate surface area is 149 Å². The molecule has 0 aromatic heterocycles. The number of nitrogens with one attached hydrogen (secondary N) is 2. The fourth-order valence-corrected chi connectivity index (χ4v) is 2.82. The fraction of sp³-hybridized carbons (Fsp3) is 0.579. The van der Waals surface area contributed by atoms with Crippen molar-refractivity contribution in [2.24, 2.45) is 5.92 Å². The molecule has 0 saturated carbocycles. The van der Waals surface area contributed by atoms with Gasteiger partial charge in [-0.05, 0) is 37.8 Å². The van der Waals surface area contributed by atoms with Gasteiger partial charge >= 0.3 is 0 Å². The smallest absolute Gasteiger partial charge is 0.255 e. The van der Waals surface area contributed by atoms with Crippen LogP contribution in [0.4, 0.5) is 0 Å². The van der Waals surface area contributed by atoms with Gasteiger partial charge in [0.2, 0.25) is 5.91 Å². The van der Waals surface area contributed by atoms with E-state index in [1.807, 2.05) is 26.8 Å². The van der Waals surface area contributed by atoms with Crippen LogP contribution in [0.3, 0.4) is 0 Å². The van der Waals surface area contributed by atoms with E-state index in [2.05, 4.69) is 10.6 Å². The van der Waals surface area contributed by atoms with Crippen molar-refractivity contribution in [2.45, 2.75) is 45.8 Å². The first-order valence-electron chi connectivity index (χ1n) is 8.95. The van der Waals surface area contributed by atoms with Crippen LogP contribution in [-0.4, -0.2) is 43.7 Å². The lowest BCUT2D eigenvalue weighted by Crippen LogP contribution is -2.51. The van der Waals surface area contributed by atoms with E-state index in [4.69, 9.17) is 9.47 Å². The van der Waals surface area contributed by atoms with Crippen LogP contribution < -0.4 is 15.4 Å². The maximum absolute atomic E-state index is 12.6. The summed E-state index contributed by atoms with van der Waals surface area (Å²) < 4.78 is 11.0. The van der Waals surface area contributed by atoms with Crippen LogP contribution in [0.2, 0.25) is 0 Å². The zero-order valence-corrected chi connectivity index (χ0v) is 15.2. The first-order valence-corrected chi connectivity index (χ1v) is 8.95. The summed E-state index contributed by atoms with van der Waals surface area (Å²) in [6, 6.07) is 6.43. The monoisotopic (exact) mass is 348 g/mol. The van der Waals surface area contributed by atoms with Gasteiger partial charge in [-0.1, -0.05) is 26.0 Å². The minimum Gasteiger partial charge on any atom is -0.493 e. The van der Waals surface area contributed by atoms with Gasteiger partial charge < -0.3 is 20.1 Å². The number of benzene rings is 1. The van der Waals surface area contributed by atoms with Crippen molar-refractivity contribution in [3.8, 4) is 5.75 Å². The molecule has 0 spiro atoms. The Morgan fingerprint density at radius 2 is 2.08 bits per heavy atom. The van der Waals surface area contributed by atoms with Crippen molar-refractivity contribution >= 4 is 11.8 Å². The number of hydrogen-bond acceptors (Lipinski definition) is 4. The lowest BCUT2D eigenvalue weighted by molar-refractivity contribution is -0.124. The molecular formula is C19H28N2O4. The summed E-state index contributed by atoms with van der Waals surface area (Å²) in [5.41, 5.74) is 0.432. The maximum Gasteiger partial charge on any atom is 0.255 e. The average Bonchev–Trinajstić information content (AvgIpc) is 3.11. The third-order valence-electron chi connectivity index (χ3n) is 4.20. The summed E-state index contributed by atoms with van der Waals surface area (Å²) in [7, 11) is 0. The SMILES string of the molecule is CCOc1ccccc1C(=O)NC(C(=O)NCC1CCCO1)C(C)C. The molecule has 2 rings (SSSR count). The summed E-state index contributed by atoms with van der Waals surface area (Å²) >= 11 is 0. The second kappa shape index (κ2) is 9.42. The van der Waals surface area contributed by atoms with Crippen molar-refractivity contribution in [1.29, 1.82) is 0 Å². The van der Waals surface area contributed by atoms with E-state index in [9.17, 15) is 9.59 Å². The minimum absolute atomic E-state index is 0.0345. The Kier molecular flexibility index (Phi) is 7.25. The molecule has 0 aliphatic carbocycles. The summed E-state index contributed by atoms with van der Waals surface area (Å²) in [6.45, 7) is 7.38. The van der Waals surface area contributed by atoms with Crippen molar-refractivity contribution < 1.29 is 19.1 Å². The zero-order valence-electron chi connectivity index (χ0n) is 15.2. The van der Waals surface area contributed by atoms with Crippen molar-refractivity contribution in [3.63, 3.8) is 0 Å². The topological polar surface area (TPSA) is 76.7 Å². The molecule has 2 amide bonds. The van der Waals surface area contributed by atoms with Crippen LogP contribution in [-0.2, 0) is 9.53 Å². The third-order valence-corrected chi connectivity index (χ3v) is 4.20. The van der Waals surface area contributed by atoms with Crippen LogP contribution in [0.1, 0.15) is 44.0 Å². The normalized spacial score (nSPS) is 18.0. The Morgan fingerprint density at radius 1 is 1.32 bits per heavy atom. The standard InChI is InChI=1S/C19H28N2O4/c1-4-24-16-10-6-5-9-15(16)18(22)21-17(13(2)3)19(23)20-12-14-8-7-11-25-14/h5-6,9-10,13-14,17H,4,7-8,11-12H2,1-3H3,(H,20,23)(H,21,22). The van der Waals surface area contributed by atoms with E-state index in [1.54, 1.807) is 18.2 Å². The van der Waals surface area contributed by atoms with E-state index in [1.165, 1.54) is 0 Å². The van der Waals surface area contributed by atoms with E-state index in [-0.39, 0.29) is 23.8 Å². The van der Waals surface area contributed by atoms with Gasteiger partial charge in [0.1, 0.15) is 11.8 Å². The molecule has 2 N–H and O–H groups in total. The first kappa shape index (κ1) is 19.2. The molecule has 0 radical (unpaired) electrons. The summed E-state index contributed by atoms with van der Waals surface area (Å²) in [5.74, 6) is -0.0137. The first-order chi connectivity index (χ1) is 12.0. The van der Waals surface area contributed by atoms with Gasteiger partial charge in [0.15, 0.2) is 0 Å². The number of ether oxygens (including phenoxy) is 2. The molecular weight excluding hydrogens is 320 g/mol. The molecule has 2 unspecified atom stereocenters. The van der Waals surface area contributed by atoms with Gasteiger partial charge in [-0.15, -0.1) is 0 Å². The van der Waals surface area contributed by atoms with Gasteiger partial charge in [0, 0.05) is 13.2 Å². The molecule has 1 fully saturated rings. The molecule has 138 valence electrons. The highest BCUT2D eigenvalue weighted by molar-refractivity contribution is 5.99. The maximum atomic E-state index is 12.6. The molecule has 1 aromatic carbocycles. The summed E-state index contributed by atoms with van der Waals surface area (Å²) in [6.07, 6.45) is 2.06. The van der Waals surface area contributed by atoms with Crippen LogP contribution in [0, 0.1) is 5.92 Å². The molecule has 2 atom stereocenters. The van der Waals surface area contributed by atoms with E-state index >= 15 is 0 Å². The molecule has 1 aliphatic heterocycles. The summed E-state index contributed by atoms with van der Waals surface area (Å²) in [5, 5.41) is 5.73. The quantitative estimate of drug-likeness (QED) is 0.755. The van der Waals surface area contributed by atoms with Gasteiger partial charge in [-0.2, -0.15) is 0 Å². The van der Waals surface area contributed by atoms with E-state index < -0.39 is 6.04 Å². The second-order valence-electron chi connectivity index (χ2n) is 6.50. The van der Waals surface area contributed by atoms with Gasteiger partial charge in [0.05, 0.1) is 18.3 Å². The van der Waals surface area contributed by atoms with Gasteiger partial charge in [0.25, 0.3) is 5.91 Å². The van der Waals surface area contributed by atoms with Crippen LogP contribution in [0.5, 0.6) is 5.75 Å². The van der Waals surface area contributed by atoms with Crippen molar-refractivity contribution in [2.75, 3.05) is 19.8 Å². The second-order valence-corrected chi connectivity index (χ2v) is 6.50. The van der Waals surface area contributed by atoms with Gasteiger partial charge in [-0.3, -0.25) is 9.59 Å². The number of para-hydroxylation sites is 1. The van der Waals surface area contributed by atoms with Crippen LogP contribution in [0.25, 0.3) is 0 Å². The molecule has 6 nitrogen and oxygen atoms in total. The Balaban J connectivity index is 2.00. The summed E-state index contributed by atoms with van der Waals surface area (Å²) in [4.78, 5) is 25.1. The molecule has 1 aromatic rings. The Morgan fingerprint density at radius 3 is 2.72 bits per heavy atom. The number of carbonyl (C=O) groups excluding carboxylic acids is 2. The highest BCUT2D eigenvalue weighted by atomic mass is 16.5. The average molecular weight is 348 g/mol. The zero-order chi connectivity index (χ0) is 18.2. The highest BCUT2D eigenvalue weighted by Crippen LogP contribution is 2.18. The van der Waals surface area contributed by atoms with Gasteiger partial charge in [-0.25, -0.2) is 0 Å². The highest BCUT2D eigenvalue weighted by Gasteiger charge is 2.26. The molecule has 1 heterocycles. The van der Waals surface area contributed by atoms with Crippen molar-refractivity contribution in [1.82, 2.24) is 10.6 Å². The molecule has 1 saturated heterocycles.